The van der Waals surface area contributed by atoms with Gasteiger partial charge in [0, 0.05) is 5.02 Å². The zero-order valence-corrected chi connectivity index (χ0v) is 10.8. The highest BCUT2D eigenvalue weighted by Crippen LogP contribution is 2.24. The maximum absolute atomic E-state index is 12.9. The molecule has 0 aliphatic heterocycles. The van der Waals surface area contributed by atoms with Gasteiger partial charge in [0.05, 0.1) is 18.7 Å². The van der Waals surface area contributed by atoms with Gasteiger partial charge in [-0.05, 0) is 18.2 Å². The van der Waals surface area contributed by atoms with Crippen LogP contribution in [0.4, 0.5) is 17.6 Å². The minimum atomic E-state index is -3.29. The Morgan fingerprint density at radius 1 is 1.45 bits per heavy atom. The lowest BCUT2D eigenvalue weighted by Gasteiger charge is -2.16. The average molecular weight is 315 g/mol. The molecule has 0 spiro atoms. The number of nitrogens with one attached hydrogen (secondary N) is 1. The van der Waals surface area contributed by atoms with E-state index in [1.807, 2.05) is 5.32 Å². The van der Waals surface area contributed by atoms with Crippen LogP contribution in [0.25, 0.3) is 0 Å². The normalized spacial score (nSPS) is 11.6. The number of carbonyl (C=O) groups is 1. The molecular weight excluding hydrogens is 304 g/mol. The number of rotatable bonds is 6. The summed E-state index contributed by atoms with van der Waals surface area (Å²) in [7, 11) is 0. The fraction of sp³-hybridized carbons (Fsp3) is 0.364. The van der Waals surface area contributed by atoms with Crippen molar-refractivity contribution in [2.24, 2.45) is 5.73 Å². The molecule has 1 aromatic rings. The van der Waals surface area contributed by atoms with Gasteiger partial charge in [0.25, 0.3) is 11.8 Å². The molecule has 0 bridgehead atoms. The van der Waals surface area contributed by atoms with Gasteiger partial charge in [0.15, 0.2) is 0 Å². The number of alkyl halides is 4. The molecule has 0 heterocycles. The van der Waals surface area contributed by atoms with Gasteiger partial charge >= 0.3 is 6.61 Å². The van der Waals surface area contributed by atoms with Gasteiger partial charge in [-0.2, -0.15) is 8.78 Å². The summed E-state index contributed by atoms with van der Waals surface area (Å²) in [5.41, 5.74) is 4.44. The second-order valence-electron chi connectivity index (χ2n) is 3.76. The van der Waals surface area contributed by atoms with Crippen LogP contribution in [0.5, 0.6) is 5.75 Å². The molecule has 1 amide bonds. The minimum Gasteiger partial charge on any atom is -0.434 e. The van der Waals surface area contributed by atoms with Crippen LogP contribution in [0.1, 0.15) is 10.4 Å². The predicted molar refractivity (Wildman–Crippen MR) is 64.4 cm³/mol. The molecular formula is C11H11ClF4N2O2. The Morgan fingerprint density at radius 3 is 2.65 bits per heavy atom. The lowest BCUT2D eigenvalue weighted by Crippen LogP contribution is -2.41. The quantitative estimate of drug-likeness (QED) is 0.792. The SMILES string of the molecule is NCC(F)(F)CNC(=O)c1cc(Cl)ccc1OC(F)F. The first-order valence-corrected chi connectivity index (χ1v) is 5.73. The van der Waals surface area contributed by atoms with E-state index in [9.17, 15) is 22.4 Å². The molecule has 0 aromatic heterocycles. The number of hydrogen-bond acceptors (Lipinski definition) is 3. The fourth-order valence-corrected chi connectivity index (χ4v) is 1.43. The Kier molecular flexibility index (Phi) is 5.58. The van der Waals surface area contributed by atoms with E-state index in [2.05, 4.69) is 4.74 Å². The van der Waals surface area contributed by atoms with Crippen molar-refractivity contribution in [3.8, 4) is 5.75 Å². The van der Waals surface area contributed by atoms with Crippen molar-refractivity contribution in [3.05, 3.63) is 28.8 Å². The van der Waals surface area contributed by atoms with Crippen molar-refractivity contribution in [3.63, 3.8) is 0 Å². The minimum absolute atomic E-state index is 0.0716. The average Bonchev–Trinajstić information content (AvgIpc) is 2.37. The van der Waals surface area contributed by atoms with Crippen molar-refractivity contribution in [2.45, 2.75) is 12.5 Å². The maximum Gasteiger partial charge on any atom is 0.387 e. The third kappa shape index (κ3) is 4.86. The van der Waals surface area contributed by atoms with Crippen LogP contribution in [0.2, 0.25) is 5.02 Å². The van der Waals surface area contributed by atoms with Crippen LogP contribution in [0.15, 0.2) is 18.2 Å². The van der Waals surface area contributed by atoms with E-state index in [4.69, 9.17) is 17.3 Å². The molecule has 0 fully saturated rings. The summed E-state index contributed by atoms with van der Waals surface area (Å²) in [6, 6.07) is 3.31. The highest BCUT2D eigenvalue weighted by Gasteiger charge is 2.28. The third-order valence-electron chi connectivity index (χ3n) is 2.21. The van der Waals surface area contributed by atoms with Gasteiger partial charge in [0.1, 0.15) is 5.75 Å². The van der Waals surface area contributed by atoms with Crippen molar-refractivity contribution >= 4 is 17.5 Å². The van der Waals surface area contributed by atoms with Crippen molar-refractivity contribution in [2.75, 3.05) is 13.1 Å². The molecule has 4 nitrogen and oxygen atoms in total. The monoisotopic (exact) mass is 314 g/mol. The van der Waals surface area contributed by atoms with E-state index >= 15 is 0 Å². The Bertz CT molecular complexity index is 485. The first kappa shape index (κ1) is 16.5. The number of hydrogen-bond donors (Lipinski definition) is 2. The summed E-state index contributed by atoms with van der Waals surface area (Å²) in [6.45, 7) is -5.14. The van der Waals surface area contributed by atoms with Crippen LogP contribution in [-0.4, -0.2) is 31.5 Å². The zero-order valence-electron chi connectivity index (χ0n) is 10.0. The number of benzene rings is 1. The van der Waals surface area contributed by atoms with Gasteiger partial charge in [-0.3, -0.25) is 4.79 Å². The molecule has 1 rings (SSSR count). The number of amides is 1. The number of halogens is 5. The summed E-state index contributed by atoms with van der Waals surface area (Å²) in [6.07, 6.45) is 0. The molecule has 9 heteroatoms. The molecule has 0 saturated heterocycles. The first-order chi connectivity index (χ1) is 9.25. The van der Waals surface area contributed by atoms with Crippen LogP contribution < -0.4 is 15.8 Å². The van der Waals surface area contributed by atoms with Crippen LogP contribution in [-0.2, 0) is 0 Å². The summed E-state index contributed by atoms with van der Waals surface area (Å²) in [5.74, 6) is -4.77. The molecule has 0 saturated carbocycles. The summed E-state index contributed by atoms with van der Waals surface area (Å²) in [5, 5.41) is 1.95. The third-order valence-corrected chi connectivity index (χ3v) is 2.44. The Morgan fingerprint density at radius 2 is 2.10 bits per heavy atom. The van der Waals surface area contributed by atoms with E-state index in [0.717, 1.165) is 12.1 Å². The molecule has 0 aliphatic rings. The van der Waals surface area contributed by atoms with Gasteiger partial charge in [0.2, 0.25) is 0 Å². The van der Waals surface area contributed by atoms with Crippen molar-refractivity contribution in [1.82, 2.24) is 5.32 Å². The fourth-order valence-electron chi connectivity index (χ4n) is 1.26. The lowest BCUT2D eigenvalue weighted by molar-refractivity contribution is -0.0502. The van der Waals surface area contributed by atoms with Crippen LogP contribution >= 0.6 is 11.6 Å². The van der Waals surface area contributed by atoms with Crippen molar-refractivity contribution in [1.29, 1.82) is 0 Å². The molecule has 0 atom stereocenters. The first-order valence-electron chi connectivity index (χ1n) is 5.35. The zero-order chi connectivity index (χ0) is 15.3. The highest BCUT2D eigenvalue weighted by atomic mass is 35.5. The Hall–Kier alpha value is -1.54. The van der Waals surface area contributed by atoms with Crippen molar-refractivity contribution < 1.29 is 27.1 Å². The molecule has 112 valence electrons. The molecule has 0 aliphatic carbocycles. The lowest BCUT2D eigenvalue weighted by atomic mass is 10.2. The summed E-state index contributed by atoms with van der Waals surface area (Å²) < 4.78 is 54.3. The smallest absolute Gasteiger partial charge is 0.387 e. The van der Waals surface area contributed by atoms with Gasteiger partial charge < -0.3 is 15.8 Å². The highest BCUT2D eigenvalue weighted by molar-refractivity contribution is 6.31. The van der Waals surface area contributed by atoms with Crippen LogP contribution in [0, 0.1) is 0 Å². The molecule has 3 N–H and O–H groups in total. The molecule has 0 radical (unpaired) electrons. The second kappa shape index (κ2) is 6.76. The van der Waals surface area contributed by atoms with Gasteiger partial charge in [-0.25, -0.2) is 8.78 Å². The van der Waals surface area contributed by atoms with Gasteiger partial charge in [-0.15, -0.1) is 0 Å². The Labute approximate surface area is 116 Å². The number of carbonyl (C=O) groups excluding carboxylic acids is 1. The van der Waals surface area contributed by atoms with Crippen LogP contribution in [0.3, 0.4) is 0 Å². The van der Waals surface area contributed by atoms with E-state index in [1.54, 1.807) is 0 Å². The standard InChI is InChI=1S/C11H11ClF4N2O2/c12-6-1-2-8(20-10(13)14)7(3-6)9(19)18-5-11(15,16)4-17/h1-3,10H,4-5,17H2,(H,18,19). The van der Waals surface area contributed by atoms with E-state index in [1.165, 1.54) is 6.07 Å². The van der Waals surface area contributed by atoms with E-state index < -0.39 is 37.3 Å². The van der Waals surface area contributed by atoms with Gasteiger partial charge in [-0.1, -0.05) is 11.6 Å². The summed E-state index contributed by atoms with van der Waals surface area (Å²) >= 11 is 5.62. The molecule has 1 aromatic carbocycles. The predicted octanol–water partition coefficient (Wildman–Crippen LogP) is 2.27. The topological polar surface area (TPSA) is 64.3 Å². The van der Waals surface area contributed by atoms with E-state index in [-0.39, 0.29) is 10.6 Å². The van der Waals surface area contributed by atoms with E-state index in [0.29, 0.717) is 0 Å². The second-order valence-corrected chi connectivity index (χ2v) is 4.20. The molecule has 20 heavy (non-hydrogen) atoms. The Balaban J connectivity index is 2.88. The summed E-state index contributed by atoms with van der Waals surface area (Å²) in [4.78, 5) is 11.7. The number of ether oxygens (including phenoxy) is 1. The largest absolute Gasteiger partial charge is 0.434 e. The number of nitrogens with two attached hydrogens (primary N) is 1. The maximum atomic E-state index is 12.9. The molecule has 0 unspecified atom stereocenters.